The van der Waals surface area contributed by atoms with E-state index < -0.39 is 0 Å². The summed E-state index contributed by atoms with van der Waals surface area (Å²) in [7, 11) is 6.22. The van der Waals surface area contributed by atoms with Gasteiger partial charge in [0.05, 0.1) is 40.0 Å². The Balaban J connectivity index is 1.57. The summed E-state index contributed by atoms with van der Waals surface area (Å²) in [5.41, 5.74) is 1.46. The van der Waals surface area contributed by atoms with E-state index >= 15 is 0 Å². The Kier molecular flexibility index (Phi) is 5.66. The van der Waals surface area contributed by atoms with Crippen LogP contribution in [0.2, 0.25) is 0 Å². The molecule has 2 heterocycles. The van der Waals surface area contributed by atoms with Gasteiger partial charge in [-0.15, -0.1) is 0 Å². The van der Waals surface area contributed by atoms with Crippen LogP contribution in [0, 0.1) is 0 Å². The normalized spacial score (nSPS) is 15.8. The number of rotatable bonds is 7. The van der Waals surface area contributed by atoms with E-state index in [1.54, 1.807) is 24.1 Å². The van der Waals surface area contributed by atoms with Crippen LogP contribution in [-0.4, -0.2) is 51.0 Å². The molecule has 1 amide bonds. The molecule has 1 atom stereocenters. The molecule has 0 radical (unpaired) electrons. The molecule has 1 unspecified atom stereocenters. The number of anilines is 1. The van der Waals surface area contributed by atoms with Gasteiger partial charge in [-0.2, -0.15) is 4.98 Å². The zero-order valence-corrected chi connectivity index (χ0v) is 17.7. The van der Waals surface area contributed by atoms with Crippen molar-refractivity contribution in [1.82, 2.24) is 10.1 Å². The molecule has 4 rings (SSSR count). The molecule has 0 aliphatic carbocycles. The lowest BCUT2D eigenvalue weighted by molar-refractivity contribution is -0.117. The molecule has 2 aromatic carbocycles. The van der Waals surface area contributed by atoms with Gasteiger partial charge < -0.3 is 28.4 Å². The van der Waals surface area contributed by atoms with E-state index in [1.807, 2.05) is 24.3 Å². The highest BCUT2D eigenvalue weighted by Crippen LogP contribution is 2.43. The monoisotopic (exact) mass is 425 g/mol. The second-order valence-corrected chi connectivity index (χ2v) is 6.97. The predicted octanol–water partition coefficient (Wildman–Crippen LogP) is 3.29. The molecule has 1 aliphatic heterocycles. The Hall–Kier alpha value is -3.75. The fraction of sp³-hybridized carbons (Fsp3) is 0.318. The van der Waals surface area contributed by atoms with Gasteiger partial charge in [0.25, 0.3) is 0 Å². The first-order valence-electron chi connectivity index (χ1n) is 9.66. The van der Waals surface area contributed by atoms with Gasteiger partial charge in [-0.25, -0.2) is 0 Å². The topological polar surface area (TPSA) is 96.2 Å². The quantitative estimate of drug-likeness (QED) is 0.569. The van der Waals surface area contributed by atoms with E-state index in [2.05, 4.69) is 10.1 Å². The average Bonchev–Trinajstić information content (AvgIpc) is 3.45. The van der Waals surface area contributed by atoms with Crippen molar-refractivity contribution in [2.75, 3.05) is 39.9 Å². The third kappa shape index (κ3) is 3.86. The molecule has 9 heteroatoms. The van der Waals surface area contributed by atoms with E-state index in [0.29, 0.717) is 41.2 Å². The summed E-state index contributed by atoms with van der Waals surface area (Å²) in [4.78, 5) is 18.9. The maximum atomic E-state index is 12.8. The number of aromatic nitrogens is 2. The van der Waals surface area contributed by atoms with Crippen molar-refractivity contribution in [2.45, 2.75) is 12.3 Å². The van der Waals surface area contributed by atoms with E-state index in [9.17, 15) is 4.79 Å². The van der Waals surface area contributed by atoms with Gasteiger partial charge in [0.15, 0.2) is 11.5 Å². The molecule has 31 heavy (non-hydrogen) atoms. The highest BCUT2D eigenvalue weighted by molar-refractivity contribution is 5.97. The molecule has 0 saturated carbocycles. The number of hydrogen-bond acceptors (Lipinski definition) is 8. The van der Waals surface area contributed by atoms with E-state index in [0.717, 1.165) is 11.3 Å². The summed E-state index contributed by atoms with van der Waals surface area (Å²) >= 11 is 0. The Bertz CT molecular complexity index is 1050. The molecule has 1 aromatic heterocycles. The first kappa shape index (κ1) is 20.5. The molecular weight excluding hydrogens is 402 g/mol. The van der Waals surface area contributed by atoms with Crippen LogP contribution in [0.25, 0.3) is 11.4 Å². The zero-order valence-electron chi connectivity index (χ0n) is 17.7. The molecule has 0 bridgehead atoms. The van der Waals surface area contributed by atoms with Gasteiger partial charge in [-0.1, -0.05) is 5.16 Å². The number of methoxy groups -OCH3 is 4. The lowest BCUT2D eigenvalue weighted by Gasteiger charge is -2.20. The largest absolute Gasteiger partial charge is 0.497 e. The fourth-order valence-corrected chi connectivity index (χ4v) is 3.60. The van der Waals surface area contributed by atoms with Crippen LogP contribution in [0.1, 0.15) is 18.2 Å². The fourth-order valence-electron chi connectivity index (χ4n) is 3.60. The van der Waals surface area contributed by atoms with Crippen molar-refractivity contribution in [3.8, 4) is 34.4 Å². The molecule has 0 spiro atoms. The Labute approximate surface area is 179 Å². The number of nitrogens with zero attached hydrogens (tertiary/aromatic N) is 3. The summed E-state index contributed by atoms with van der Waals surface area (Å²) in [6.07, 6.45) is 0.265. The van der Waals surface area contributed by atoms with Crippen molar-refractivity contribution < 1.29 is 28.3 Å². The number of amides is 1. The van der Waals surface area contributed by atoms with Gasteiger partial charge in [0, 0.05) is 30.7 Å². The maximum Gasteiger partial charge on any atom is 0.232 e. The summed E-state index contributed by atoms with van der Waals surface area (Å²) in [5, 5.41) is 4.07. The first-order chi connectivity index (χ1) is 15.1. The minimum atomic E-state index is -0.217. The van der Waals surface area contributed by atoms with Crippen LogP contribution < -0.4 is 23.8 Å². The smallest absolute Gasteiger partial charge is 0.232 e. The van der Waals surface area contributed by atoms with Gasteiger partial charge in [-0.05, 0) is 24.3 Å². The number of carbonyl (C=O) groups is 1. The molecule has 1 saturated heterocycles. The Morgan fingerprint density at radius 1 is 0.968 bits per heavy atom. The lowest BCUT2D eigenvalue weighted by Crippen LogP contribution is -2.24. The van der Waals surface area contributed by atoms with E-state index in [1.165, 1.54) is 21.3 Å². The number of carbonyl (C=O) groups excluding carboxylic acids is 1. The second-order valence-electron chi connectivity index (χ2n) is 6.97. The van der Waals surface area contributed by atoms with Crippen LogP contribution >= 0.6 is 0 Å². The van der Waals surface area contributed by atoms with Gasteiger partial charge >= 0.3 is 0 Å². The van der Waals surface area contributed by atoms with Gasteiger partial charge in [0.2, 0.25) is 23.4 Å². The van der Waals surface area contributed by atoms with Crippen LogP contribution in [-0.2, 0) is 4.79 Å². The SMILES string of the molecule is COc1ccc(-c2noc(C3CC(=O)N(c4cc(OC)c(OC)c(OC)c4)C3)n2)cc1. The van der Waals surface area contributed by atoms with E-state index in [-0.39, 0.29) is 18.2 Å². The summed E-state index contributed by atoms with van der Waals surface area (Å²) in [6.45, 7) is 0.404. The van der Waals surface area contributed by atoms with Crippen LogP contribution in [0.3, 0.4) is 0 Å². The molecule has 0 N–H and O–H groups in total. The zero-order chi connectivity index (χ0) is 22.0. The summed E-state index contributed by atoms with van der Waals surface area (Å²) in [5.74, 6) is 2.80. The van der Waals surface area contributed by atoms with Crippen LogP contribution in [0.4, 0.5) is 5.69 Å². The number of hydrogen-bond donors (Lipinski definition) is 0. The predicted molar refractivity (Wildman–Crippen MR) is 112 cm³/mol. The van der Waals surface area contributed by atoms with Crippen molar-refractivity contribution in [2.24, 2.45) is 0 Å². The molecule has 1 fully saturated rings. The van der Waals surface area contributed by atoms with Gasteiger partial charge in [-0.3, -0.25) is 4.79 Å². The molecule has 3 aromatic rings. The Morgan fingerprint density at radius 3 is 2.23 bits per heavy atom. The van der Waals surface area contributed by atoms with Gasteiger partial charge in [0.1, 0.15) is 5.75 Å². The standard InChI is InChI=1S/C22H23N3O6/c1-27-16-7-5-13(6-8-16)21-23-22(31-24-21)14-9-19(26)25(12-14)15-10-17(28-2)20(30-4)18(11-15)29-3/h5-8,10-11,14H,9,12H2,1-4H3. The number of benzene rings is 2. The molecule has 1 aliphatic rings. The Morgan fingerprint density at radius 2 is 1.65 bits per heavy atom. The minimum absolute atomic E-state index is 0.0523. The van der Waals surface area contributed by atoms with Crippen LogP contribution in [0.5, 0.6) is 23.0 Å². The highest BCUT2D eigenvalue weighted by Gasteiger charge is 2.36. The third-order valence-corrected chi connectivity index (χ3v) is 5.23. The third-order valence-electron chi connectivity index (χ3n) is 5.23. The second kappa shape index (κ2) is 8.55. The van der Waals surface area contributed by atoms with Crippen molar-refractivity contribution >= 4 is 11.6 Å². The minimum Gasteiger partial charge on any atom is -0.497 e. The summed E-state index contributed by atoms with van der Waals surface area (Å²) in [6, 6.07) is 10.9. The van der Waals surface area contributed by atoms with Crippen molar-refractivity contribution in [3.05, 3.63) is 42.3 Å². The average molecular weight is 425 g/mol. The maximum absolute atomic E-state index is 12.8. The number of ether oxygens (including phenoxy) is 4. The highest BCUT2D eigenvalue weighted by atomic mass is 16.5. The summed E-state index contributed by atoms with van der Waals surface area (Å²) < 4.78 is 26.8. The van der Waals surface area contributed by atoms with Crippen molar-refractivity contribution in [1.29, 1.82) is 0 Å². The van der Waals surface area contributed by atoms with E-state index in [4.69, 9.17) is 23.5 Å². The molecule has 9 nitrogen and oxygen atoms in total. The van der Waals surface area contributed by atoms with Crippen molar-refractivity contribution in [3.63, 3.8) is 0 Å². The molecular formula is C22H23N3O6. The lowest BCUT2D eigenvalue weighted by atomic mass is 10.1. The molecule has 162 valence electrons. The van der Waals surface area contributed by atoms with Crippen LogP contribution in [0.15, 0.2) is 40.9 Å². The first-order valence-corrected chi connectivity index (χ1v) is 9.66.